The van der Waals surface area contributed by atoms with Crippen LogP contribution in [-0.4, -0.2) is 64.5 Å². The van der Waals surface area contributed by atoms with Crippen molar-refractivity contribution >= 4 is 15.7 Å². The van der Waals surface area contributed by atoms with E-state index < -0.39 is 14.6 Å². The molecule has 10 heteroatoms. The summed E-state index contributed by atoms with van der Waals surface area (Å²) in [7, 11) is -3.31. The van der Waals surface area contributed by atoms with Gasteiger partial charge in [0.15, 0.2) is 9.84 Å². The monoisotopic (exact) mass is 378 g/mol. The van der Waals surface area contributed by atoms with Gasteiger partial charge in [-0.3, -0.25) is 4.79 Å². The molecule has 1 amide bonds. The van der Waals surface area contributed by atoms with Crippen molar-refractivity contribution in [2.24, 2.45) is 5.92 Å². The van der Waals surface area contributed by atoms with E-state index in [2.05, 4.69) is 15.1 Å². The summed E-state index contributed by atoms with van der Waals surface area (Å²) in [6.45, 7) is 2.19. The number of aryl methyl sites for hydroxylation is 1. The van der Waals surface area contributed by atoms with Crippen LogP contribution in [0.25, 0.3) is 0 Å². The Morgan fingerprint density at radius 2 is 2.12 bits per heavy atom. The summed E-state index contributed by atoms with van der Waals surface area (Å²) in [4.78, 5) is 21.9. The first-order valence-corrected chi connectivity index (χ1v) is 9.91. The summed E-state index contributed by atoms with van der Waals surface area (Å²) in [6, 6.07) is 3.44. The van der Waals surface area contributed by atoms with Crippen molar-refractivity contribution in [1.29, 1.82) is 0 Å². The van der Waals surface area contributed by atoms with Gasteiger partial charge in [-0.25, -0.2) is 18.4 Å². The molecule has 0 radical (unpaired) electrons. The molecule has 1 atom stereocenters. The average molecular weight is 378 g/mol. The number of rotatable bonds is 4. The maximum atomic E-state index is 12.6. The summed E-state index contributed by atoms with van der Waals surface area (Å²) >= 11 is 0. The largest absolute Gasteiger partial charge is 0.463 e. The van der Waals surface area contributed by atoms with Crippen molar-refractivity contribution in [1.82, 2.24) is 20.0 Å². The van der Waals surface area contributed by atoms with Crippen molar-refractivity contribution in [3.63, 3.8) is 0 Å². The van der Waals surface area contributed by atoms with Crippen LogP contribution < -0.4 is 4.74 Å². The average Bonchev–Trinajstić information content (AvgIpc) is 3.13. The maximum Gasteiger partial charge on any atom is 0.316 e. The third-order valence-electron chi connectivity index (χ3n) is 5.10. The first-order valence-electron chi connectivity index (χ1n) is 8.26. The summed E-state index contributed by atoms with van der Waals surface area (Å²) < 4.78 is 34.9. The molecular formula is C16H18N4O5S. The molecule has 2 aromatic heterocycles. The lowest BCUT2D eigenvalue weighted by Crippen LogP contribution is -2.68. The molecule has 2 aromatic rings. The van der Waals surface area contributed by atoms with E-state index >= 15 is 0 Å². The molecule has 0 saturated carbocycles. The summed E-state index contributed by atoms with van der Waals surface area (Å²) in [5, 5.41) is 3.70. The number of nitrogens with zero attached hydrogens (tertiary/aromatic N) is 4. The molecule has 0 bridgehead atoms. The van der Waals surface area contributed by atoms with Gasteiger partial charge in [0.05, 0.1) is 18.1 Å². The van der Waals surface area contributed by atoms with E-state index in [1.165, 1.54) is 4.90 Å². The highest BCUT2D eigenvalue weighted by Gasteiger charge is 2.63. The van der Waals surface area contributed by atoms with E-state index in [1.54, 1.807) is 31.5 Å². The van der Waals surface area contributed by atoms with Gasteiger partial charge in [0, 0.05) is 37.5 Å². The third-order valence-corrected chi connectivity index (χ3v) is 7.70. The Morgan fingerprint density at radius 1 is 1.38 bits per heavy atom. The maximum absolute atomic E-state index is 12.6. The van der Waals surface area contributed by atoms with Crippen LogP contribution >= 0.6 is 0 Å². The minimum Gasteiger partial charge on any atom is -0.463 e. The third kappa shape index (κ3) is 2.64. The van der Waals surface area contributed by atoms with Crippen LogP contribution in [0, 0.1) is 12.8 Å². The molecule has 1 spiro atoms. The highest BCUT2D eigenvalue weighted by molar-refractivity contribution is 7.93. The second-order valence-corrected chi connectivity index (χ2v) is 9.16. The van der Waals surface area contributed by atoms with Crippen molar-refractivity contribution in [3.8, 4) is 6.01 Å². The van der Waals surface area contributed by atoms with Crippen molar-refractivity contribution in [2.75, 3.05) is 25.4 Å². The van der Waals surface area contributed by atoms with Crippen LogP contribution in [0.4, 0.5) is 0 Å². The molecule has 9 nitrogen and oxygen atoms in total. The van der Waals surface area contributed by atoms with Gasteiger partial charge >= 0.3 is 6.01 Å². The Hall–Kier alpha value is -2.49. The Balaban J connectivity index is 1.47. The summed E-state index contributed by atoms with van der Waals surface area (Å²) in [5.41, 5.74) is 0.603. The van der Waals surface area contributed by atoms with Gasteiger partial charge in [-0.2, -0.15) is 0 Å². The van der Waals surface area contributed by atoms with Gasteiger partial charge in [0.1, 0.15) is 4.75 Å². The SMILES string of the molecule is Cc1cc(C(=O)N2CC3(C2)C(COc2ncccn2)CCS3(=O)=O)on1. The predicted octanol–water partition coefficient (Wildman–Crippen LogP) is 0.481. The second-order valence-electron chi connectivity index (χ2n) is 6.71. The zero-order chi connectivity index (χ0) is 18.4. The number of amides is 1. The number of aromatic nitrogens is 3. The number of carbonyl (C=O) groups excluding carboxylic acids is 1. The van der Waals surface area contributed by atoms with Gasteiger partial charge in [-0.1, -0.05) is 5.16 Å². The van der Waals surface area contributed by atoms with E-state index in [9.17, 15) is 13.2 Å². The lowest BCUT2D eigenvalue weighted by molar-refractivity contribution is 0.0367. The fraction of sp³-hybridized carbons (Fsp3) is 0.500. The molecule has 2 saturated heterocycles. The molecule has 0 N–H and O–H groups in total. The zero-order valence-electron chi connectivity index (χ0n) is 14.2. The Morgan fingerprint density at radius 3 is 2.77 bits per heavy atom. The van der Waals surface area contributed by atoms with E-state index in [-0.39, 0.29) is 49.0 Å². The molecule has 0 aliphatic carbocycles. The molecule has 26 heavy (non-hydrogen) atoms. The number of likely N-dealkylation sites (tertiary alicyclic amines) is 1. The van der Waals surface area contributed by atoms with Crippen LogP contribution in [-0.2, 0) is 9.84 Å². The lowest BCUT2D eigenvalue weighted by atomic mass is 9.83. The van der Waals surface area contributed by atoms with Crippen molar-refractivity contribution in [2.45, 2.75) is 18.1 Å². The fourth-order valence-corrected chi connectivity index (χ4v) is 6.01. The highest BCUT2D eigenvalue weighted by Crippen LogP contribution is 2.45. The van der Waals surface area contributed by atoms with Crippen LogP contribution in [0.3, 0.4) is 0 Å². The standard InChI is InChI=1S/C16H18N4O5S/c1-11-7-13(25-19-11)14(21)20-9-16(10-20)12(3-6-26(16,22)23)8-24-15-17-4-2-5-18-15/h2,4-5,7,12H,3,6,8-10H2,1H3. The lowest BCUT2D eigenvalue weighted by Gasteiger charge is -2.49. The molecular weight excluding hydrogens is 360 g/mol. The number of hydrogen-bond donors (Lipinski definition) is 0. The van der Waals surface area contributed by atoms with E-state index in [1.807, 2.05) is 0 Å². The van der Waals surface area contributed by atoms with Crippen molar-refractivity contribution in [3.05, 3.63) is 36.0 Å². The van der Waals surface area contributed by atoms with Gasteiger partial charge < -0.3 is 14.2 Å². The predicted molar refractivity (Wildman–Crippen MR) is 89.3 cm³/mol. The van der Waals surface area contributed by atoms with Crippen molar-refractivity contribution < 1.29 is 22.5 Å². The molecule has 0 aromatic carbocycles. The summed E-state index contributed by atoms with van der Waals surface area (Å²) in [5.74, 6) is -0.334. The Bertz CT molecular complexity index is 921. The first kappa shape index (κ1) is 17.0. The highest BCUT2D eigenvalue weighted by atomic mass is 32.2. The van der Waals surface area contributed by atoms with E-state index in [4.69, 9.17) is 9.26 Å². The fourth-order valence-electron chi connectivity index (χ4n) is 3.61. The Kier molecular flexibility index (Phi) is 3.94. The van der Waals surface area contributed by atoms with Crippen LogP contribution in [0.1, 0.15) is 22.7 Å². The van der Waals surface area contributed by atoms with E-state index in [0.29, 0.717) is 12.1 Å². The van der Waals surface area contributed by atoms with Gasteiger partial charge in [-0.05, 0) is 19.4 Å². The van der Waals surface area contributed by atoms with Crippen LogP contribution in [0.5, 0.6) is 6.01 Å². The zero-order valence-corrected chi connectivity index (χ0v) is 15.0. The van der Waals surface area contributed by atoms with Gasteiger partial charge in [-0.15, -0.1) is 0 Å². The Labute approximate surface area is 150 Å². The smallest absolute Gasteiger partial charge is 0.316 e. The number of sulfone groups is 1. The quantitative estimate of drug-likeness (QED) is 0.754. The minimum absolute atomic E-state index is 0.0973. The number of carbonyl (C=O) groups is 1. The molecule has 2 fully saturated rings. The molecule has 4 heterocycles. The molecule has 138 valence electrons. The number of ether oxygens (including phenoxy) is 1. The summed E-state index contributed by atoms with van der Waals surface area (Å²) in [6.07, 6.45) is 3.62. The topological polar surface area (TPSA) is 115 Å². The molecule has 2 aliphatic rings. The molecule has 2 aliphatic heterocycles. The first-order chi connectivity index (χ1) is 12.4. The van der Waals surface area contributed by atoms with Gasteiger partial charge in [0.25, 0.3) is 5.91 Å². The molecule has 1 unspecified atom stereocenters. The number of hydrogen-bond acceptors (Lipinski definition) is 8. The van der Waals surface area contributed by atoms with Crippen LogP contribution in [0.2, 0.25) is 0 Å². The van der Waals surface area contributed by atoms with E-state index in [0.717, 1.165) is 0 Å². The molecule has 4 rings (SSSR count). The minimum atomic E-state index is -3.31. The van der Waals surface area contributed by atoms with Crippen LogP contribution in [0.15, 0.2) is 29.0 Å². The normalized spacial score (nSPS) is 23.0. The van der Waals surface area contributed by atoms with Gasteiger partial charge in [0.2, 0.25) is 5.76 Å². The second kappa shape index (κ2) is 6.04.